The smallest absolute Gasteiger partial charge is 0.406 e. The summed E-state index contributed by atoms with van der Waals surface area (Å²) in [5, 5.41) is 2.61. The van der Waals surface area contributed by atoms with Gasteiger partial charge in [0.2, 0.25) is 6.43 Å². The van der Waals surface area contributed by atoms with Crippen LogP contribution in [-0.2, 0) is 0 Å². The van der Waals surface area contributed by atoms with Crippen molar-refractivity contribution in [1.29, 1.82) is 0 Å². The lowest BCUT2D eigenvalue weighted by molar-refractivity contribution is -0.274. The molecule has 3 N–H and O–H groups in total. The number of benzene rings is 1. The van der Waals surface area contributed by atoms with Crippen molar-refractivity contribution in [2.24, 2.45) is 16.6 Å². The fourth-order valence-electron chi connectivity index (χ4n) is 1.72. The first kappa shape index (κ1) is 18.7. The quantitative estimate of drug-likeness (QED) is 0.328. The van der Waals surface area contributed by atoms with E-state index in [1.54, 1.807) is 0 Å². The highest BCUT2D eigenvalue weighted by molar-refractivity contribution is 14.0. The van der Waals surface area contributed by atoms with E-state index in [9.17, 15) is 22.0 Å². The predicted octanol–water partition coefficient (Wildman–Crippen LogP) is 3.58. The Kier molecular flexibility index (Phi) is 6.20. The van der Waals surface area contributed by atoms with E-state index in [1.807, 2.05) is 0 Å². The molecular weight excluding hydrogens is 424 g/mol. The summed E-state index contributed by atoms with van der Waals surface area (Å²) < 4.78 is 64.2. The highest BCUT2D eigenvalue weighted by atomic mass is 127. The Bertz CT molecular complexity index is 520. The van der Waals surface area contributed by atoms with E-state index in [-0.39, 0.29) is 42.1 Å². The molecular formula is C12H13F5IN3O. The summed E-state index contributed by atoms with van der Waals surface area (Å²) in [6.07, 6.45) is -6.91. The molecule has 0 amide bonds. The molecule has 0 radical (unpaired) electrons. The van der Waals surface area contributed by atoms with E-state index in [0.29, 0.717) is 5.69 Å². The number of nitrogens with one attached hydrogen (secondary N) is 1. The summed E-state index contributed by atoms with van der Waals surface area (Å²) in [5.74, 6) is -1.20. The molecule has 124 valence electrons. The Hall–Kier alpha value is -1.33. The fraction of sp³-hybridized carbons (Fsp3) is 0.417. The van der Waals surface area contributed by atoms with Gasteiger partial charge >= 0.3 is 6.36 Å². The number of hydrogen-bond donors (Lipinski definition) is 2. The van der Waals surface area contributed by atoms with Crippen LogP contribution in [-0.4, -0.2) is 24.8 Å². The van der Waals surface area contributed by atoms with E-state index in [2.05, 4.69) is 15.0 Å². The second kappa shape index (κ2) is 7.29. The number of guanidine groups is 1. The molecule has 0 spiro atoms. The first-order valence-corrected chi connectivity index (χ1v) is 5.99. The van der Waals surface area contributed by atoms with Gasteiger partial charge in [0.05, 0.1) is 6.04 Å². The Balaban J connectivity index is 0.00000242. The van der Waals surface area contributed by atoms with Crippen molar-refractivity contribution in [3.8, 4) is 5.75 Å². The number of hydrogen-bond acceptors (Lipinski definition) is 2. The van der Waals surface area contributed by atoms with E-state index in [1.165, 1.54) is 12.1 Å². The molecule has 0 saturated heterocycles. The lowest BCUT2D eigenvalue weighted by atomic mass is 10.3. The van der Waals surface area contributed by atoms with E-state index in [0.717, 1.165) is 12.1 Å². The number of halogens is 6. The number of alkyl halides is 5. The molecule has 10 heteroatoms. The maximum Gasteiger partial charge on any atom is 0.573 e. The van der Waals surface area contributed by atoms with Gasteiger partial charge in [0.1, 0.15) is 5.75 Å². The molecule has 1 aliphatic rings. The summed E-state index contributed by atoms with van der Waals surface area (Å²) >= 11 is 0. The summed E-state index contributed by atoms with van der Waals surface area (Å²) in [4.78, 5) is 3.86. The fourth-order valence-corrected chi connectivity index (χ4v) is 1.72. The predicted molar refractivity (Wildman–Crippen MR) is 81.7 cm³/mol. The van der Waals surface area contributed by atoms with Crippen molar-refractivity contribution in [1.82, 2.24) is 0 Å². The van der Waals surface area contributed by atoms with Crippen LogP contribution >= 0.6 is 24.0 Å². The molecule has 2 rings (SSSR count). The zero-order valence-corrected chi connectivity index (χ0v) is 13.3. The van der Waals surface area contributed by atoms with E-state index in [4.69, 9.17) is 5.73 Å². The average molecular weight is 437 g/mol. The molecule has 0 heterocycles. The van der Waals surface area contributed by atoms with Gasteiger partial charge in [0.15, 0.2) is 5.96 Å². The van der Waals surface area contributed by atoms with Gasteiger partial charge in [0, 0.05) is 11.6 Å². The van der Waals surface area contributed by atoms with Crippen LogP contribution in [0.5, 0.6) is 5.75 Å². The average Bonchev–Trinajstić information content (AvgIpc) is 3.09. The molecule has 0 aromatic heterocycles. The van der Waals surface area contributed by atoms with Crippen molar-refractivity contribution >= 4 is 35.6 Å². The number of ether oxygens (including phenoxy) is 1. The molecule has 4 nitrogen and oxygen atoms in total. The summed E-state index contributed by atoms with van der Waals surface area (Å²) in [6, 6.07) is 4.30. The second-order valence-corrected chi connectivity index (χ2v) is 4.51. The SMILES string of the molecule is I.NC(=N[C@H]1C[C@@H]1C(F)F)Nc1ccc(OC(F)(F)F)cc1. The first-order chi connectivity index (χ1) is 9.74. The van der Waals surface area contributed by atoms with Crippen molar-refractivity contribution in [2.75, 3.05) is 5.32 Å². The molecule has 0 aliphatic heterocycles. The highest BCUT2D eigenvalue weighted by Gasteiger charge is 2.44. The van der Waals surface area contributed by atoms with E-state index < -0.39 is 24.7 Å². The molecule has 1 saturated carbocycles. The Labute approximate surface area is 139 Å². The zero-order chi connectivity index (χ0) is 15.6. The van der Waals surface area contributed by atoms with Gasteiger partial charge in [-0.25, -0.2) is 13.8 Å². The molecule has 22 heavy (non-hydrogen) atoms. The molecule has 0 unspecified atom stereocenters. The zero-order valence-electron chi connectivity index (χ0n) is 11.0. The Morgan fingerprint density at radius 2 is 1.86 bits per heavy atom. The van der Waals surface area contributed by atoms with Crippen LogP contribution in [0.4, 0.5) is 27.6 Å². The second-order valence-electron chi connectivity index (χ2n) is 4.51. The van der Waals surface area contributed by atoms with Gasteiger partial charge in [-0.05, 0) is 30.7 Å². The van der Waals surface area contributed by atoms with Crippen LogP contribution < -0.4 is 15.8 Å². The van der Waals surface area contributed by atoms with Gasteiger partial charge < -0.3 is 15.8 Å². The third kappa shape index (κ3) is 5.81. The standard InChI is InChI=1S/C12H12F5N3O.HI/c13-10(14)8-5-9(8)20-11(18)19-6-1-3-7(4-2-6)21-12(15,16)17;/h1-4,8-10H,5H2,(H3,18,19,20);1H/t8-,9-;/m0./s1. The van der Waals surface area contributed by atoms with Gasteiger partial charge in [-0.3, -0.25) is 0 Å². The van der Waals surface area contributed by atoms with Gasteiger partial charge in [-0.1, -0.05) is 0 Å². The third-order valence-corrected chi connectivity index (χ3v) is 2.79. The number of nitrogens with two attached hydrogens (primary N) is 1. The van der Waals surface area contributed by atoms with Gasteiger partial charge in [0.25, 0.3) is 0 Å². The van der Waals surface area contributed by atoms with Crippen LogP contribution in [0.3, 0.4) is 0 Å². The monoisotopic (exact) mass is 437 g/mol. The molecule has 1 aromatic rings. The number of rotatable bonds is 4. The summed E-state index contributed by atoms with van der Waals surface area (Å²) in [5.41, 5.74) is 5.91. The van der Waals surface area contributed by atoms with E-state index >= 15 is 0 Å². The minimum Gasteiger partial charge on any atom is -0.406 e. The largest absolute Gasteiger partial charge is 0.573 e. The van der Waals surface area contributed by atoms with Gasteiger partial charge in [-0.2, -0.15) is 0 Å². The number of aliphatic imine (C=N–C) groups is 1. The topological polar surface area (TPSA) is 59.6 Å². The highest BCUT2D eigenvalue weighted by Crippen LogP contribution is 2.38. The van der Waals surface area contributed by atoms with Crippen molar-refractivity contribution in [3.05, 3.63) is 24.3 Å². The summed E-state index contributed by atoms with van der Waals surface area (Å²) in [7, 11) is 0. The minimum atomic E-state index is -4.76. The third-order valence-electron chi connectivity index (χ3n) is 2.79. The van der Waals surface area contributed by atoms with Crippen molar-refractivity contribution in [3.63, 3.8) is 0 Å². The van der Waals surface area contributed by atoms with Gasteiger partial charge in [-0.15, -0.1) is 37.1 Å². The van der Waals surface area contributed by atoms with Crippen LogP contribution in [0.25, 0.3) is 0 Å². The molecule has 1 fully saturated rings. The number of anilines is 1. The maximum absolute atomic E-state index is 12.3. The normalized spacial score (nSPS) is 21.3. The van der Waals surface area contributed by atoms with Crippen molar-refractivity contribution in [2.45, 2.75) is 25.3 Å². The first-order valence-electron chi connectivity index (χ1n) is 5.99. The summed E-state index contributed by atoms with van der Waals surface area (Å²) in [6.45, 7) is 0. The number of nitrogens with zero attached hydrogens (tertiary/aromatic N) is 1. The van der Waals surface area contributed by atoms with Crippen molar-refractivity contribution < 1.29 is 26.7 Å². The van der Waals surface area contributed by atoms with Crippen LogP contribution in [0.15, 0.2) is 29.3 Å². The maximum atomic E-state index is 12.3. The lowest BCUT2D eigenvalue weighted by Gasteiger charge is -2.10. The lowest BCUT2D eigenvalue weighted by Crippen LogP contribution is -2.23. The van der Waals surface area contributed by atoms with Crippen LogP contribution in [0.2, 0.25) is 0 Å². The van der Waals surface area contributed by atoms with Crippen LogP contribution in [0.1, 0.15) is 6.42 Å². The molecule has 0 bridgehead atoms. The molecule has 2 atom stereocenters. The molecule has 1 aliphatic carbocycles. The molecule has 1 aromatic carbocycles. The minimum absolute atomic E-state index is 0. The Morgan fingerprint density at radius 1 is 1.27 bits per heavy atom. The Morgan fingerprint density at radius 3 is 2.32 bits per heavy atom. The van der Waals surface area contributed by atoms with Crippen LogP contribution in [0, 0.1) is 5.92 Å².